The molecule has 2 N–H and O–H groups in total. The summed E-state index contributed by atoms with van der Waals surface area (Å²) in [6.45, 7) is 6.92. The topological polar surface area (TPSA) is 61.4 Å². The largest absolute Gasteiger partial charge is 0.314 e. The highest BCUT2D eigenvalue weighted by Gasteiger charge is 2.23. The summed E-state index contributed by atoms with van der Waals surface area (Å²) >= 11 is 0. The number of nitrogens with zero attached hydrogens (tertiary/aromatic N) is 1. The smallest absolute Gasteiger partial charge is 0.211 e. The van der Waals surface area contributed by atoms with E-state index in [4.69, 9.17) is 0 Å². The van der Waals surface area contributed by atoms with Crippen LogP contribution >= 0.6 is 0 Å². The third kappa shape index (κ3) is 6.08. The Morgan fingerprint density at radius 2 is 2.00 bits per heavy atom. The Labute approximate surface area is 123 Å². The van der Waals surface area contributed by atoms with Gasteiger partial charge in [0.1, 0.15) is 0 Å². The lowest BCUT2D eigenvalue weighted by Crippen LogP contribution is -2.32. The zero-order valence-corrected chi connectivity index (χ0v) is 13.4. The van der Waals surface area contributed by atoms with Gasteiger partial charge in [0, 0.05) is 19.1 Å². The summed E-state index contributed by atoms with van der Waals surface area (Å²) in [4.78, 5) is 2.38. The van der Waals surface area contributed by atoms with Gasteiger partial charge in [-0.05, 0) is 57.7 Å². The first-order valence-electron chi connectivity index (χ1n) is 8.02. The summed E-state index contributed by atoms with van der Waals surface area (Å²) in [7, 11) is -3.07. The van der Waals surface area contributed by atoms with Gasteiger partial charge < -0.3 is 10.2 Å². The molecular weight excluding hydrogens is 274 g/mol. The van der Waals surface area contributed by atoms with Crippen molar-refractivity contribution in [2.75, 3.05) is 38.5 Å². The molecule has 1 saturated heterocycles. The van der Waals surface area contributed by atoms with E-state index in [0.717, 1.165) is 45.4 Å². The van der Waals surface area contributed by atoms with Crippen LogP contribution in [0.25, 0.3) is 0 Å². The van der Waals surface area contributed by atoms with Crippen LogP contribution in [0.4, 0.5) is 0 Å². The molecule has 20 heavy (non-hydrogen) atoms. The third-order valence-electron chi connectivity index (χ3n) is 4.26. The number of likely N-dealkylation sites (tertiary alicyclic amines) is 1. The van der Waals surface area contributed by atoms with Crippen molar-refractivity contribution in [3.05, 3.63) is 0 Å². The summed E-state index contributed by atoms with van der Waals surface area (Å²) < 4.78 is 26.6. The molecule has 0 bridgehead atoms. The number of rotatable bonds is 10. The molecule has 6 heteroatoms. The highest BCUT2D eigenvalue weighted by atomic mass is 32.2. The highest BCUT2D eigenvalue weighted by molar-refractivity contribution is 7.89. The molecule has 0 aromatic rings. The van der Waals surface area contributed by atoms with Crippen LogP contribution in [0.5, 0.6) is 0 Å². The van der Waals surface area contributed by atoms with Gasteiger partial charge >= 0.3 is 0 Å². The number of nitrogens with one attached hydrogen (secondary N) is 2. The minimum absolute atomic E-state index is 0.267. The summed E-state index contributed by atoms with van der Waals surface area (Å²) in [6.07, 6.45) is 5.39. The molecule has 0 aromatic carbocycles. The lowest BCUT2D eigenvalue weighted by Gasteiger charge is -2.14. The normalized spacial score (nSPS) is 24.4. The van der Waals surface area contributed by atoms with E-state index in [2.05, 4.69) is 21.9 Å². The number of hydrogen-bond donors (Lipinski definition) is 2. The molecule has 1 saturated carbocycles. The molecule has 0 aromatic heterocycles. The van der Waals surface area contributed by atoms with Crippen molar-refractivity contribution in [3.8, 4) is 0 Å². The molecule has 5 nitrogen and oxygen atoms in total. The quantitative estimate of drug-likeness (QED) is 0.586. The average Bonchev–Trinajstić information content (AvgIpc) is 3.12. The van der Waals surface area contributed by atoms with Crippen LogP contribution < -0.4 is 10.0 Å². The van der Waals surface area contributed by atoms with Crippen molar-refractivity contribution in [3.63, 3.8) is 0 Å². The molecule has 2 fully saturated rings. The molecular formula is C14H29N3O2S. The highest BCUT2D eigenvalue weighted by Crippen LogP contribution is 2.18. The Hall–Kier alpha value is -0.170. The monoisotopic (exact) mass is 303 g/mol. The molecule has 1 atom stereocenters. The molecule has 1 aliphatic carbocycles. The van der Waals surface area contributed by atoms with Crippen molar-refractivity contribution < 1.29 is 8.42 Å². The van der Waals surface area contributed by atoms with E-state index in [1.54, 1.807) is 0 Å². The van der Waals surface area contributed by atoms with Crippen molar-refractivity contribution in [1.29, 1.82) is 0 Å². The van der Waals surface area contributed by atoms with Gasteiger partial charge in [0.2, 0.25) is 10.0 Å². The Morgan fingerprint density at radius 1 is 1.20 bits per heavy atom. The van der Waals surface area contributed by atoms with E-state index in [1.807, 2.05) is 0 Å². The van der Waals surface area contributed by atoms with Gasteiger partial charge in [-0.2, -0.15) is 0 Å². The van der Waals surface area contributed by atoms with Crippen LogP contribution in [0.2, 0.25) is 0 Å². The summed E-state index contributed by atoms with van der Waals surface area (Å²) in [5, 5.41) is 3.41. The number of unbranched alkanes of at least 4 members (excludes halogenated alkanes) is 1. The summed E-state index contributed by atoms with van der Waals surface area (Å²) in [6, 6.07) is 0.716. The predicted molar refractivity (Wildman–Crippen MR) is 82.3 cm³/mol. The average molecular weight is 303 g/mol. The van der Waals surface area contributed by atoms with E-state index in [9.17, 15) is 8.42 Å². The molecule has 0 spiro atoms. The van der Waals surface area contributed by atoms with Crippen LogP contribution in [0, 0.1) is 5.92 Å². The van der Waals surface area contributed by atoms with Crippen molar-refractivity contribution in [2.24, 2.45) is 5.92 Å². The number of hydrogen-bond acceptors (Lipinski definition) is 4. The van der Waals surface area contributed by atoms with E-state index < -0.39 is 10.0 Å². The van der Waals surface area contributed by atoms with E-state index in [1.165, 1.54) is 12.8 Å². The molecule has 1 unspecified atom stereocenters. The van der Waals surface area contributed by atoms with E-state index in [0.29, 0.717) is 18.5 Å². The van der Waals surface area contributed by atoms with Crippen molar-refractivity contribution >= 4 is 10.0 Å². The molecule has 0 radical (unpaired) electrons. The van der Waals surface area contributed by atoms with Gasteiger partial charge in [0.05, 0.1) is 5.75 Å². The van der Waals surface area contributed by atoms with Crippen LogP contribution in [0.15, 0.2) is 0 Å². The zero-order valence-electron chi connectivity index (χ0n) is 12.6. The second-order valence-corrected chi connectivity index (χ2v) is 8.08. The Balaban J connectivity index is 1.53. The second kappa shape index (κ2) is 7.73. The van der Waals surface area contributed by atoms with Crippen LogP contribution in [0.1, 0.15) is 39.0 Å². The van der Waals surface area contributed by atoms with Gasteiger partial charge in [-0.1, -0.05) is 6.92 Å². The Morgan fingerprint density at radius 3 is 2.65 bits per heavy atom. The van der Waals surface area contributed by atoms with Crippen LogP contribution in [-0.4, -0.2) is 57.8 Å². The Kier molecular flexibility index (Phi) is 6.26. The minimum Gasteiger partial charge on any atom is -0.314 e. The molecule has 2 rings (SSSR count). The molecule has 0 amide bonds. The van der Waals surface area contributed by atoms with Gasteiger partial charge in [-0.3, -0.25) is 0 Å². The second-order valence-electron chi connectivity index (χ2n) is 6.15. The summed E-state index contributed by atoms with van der Waals surface area (Å²) in [5.41, 5.74) is 0. The lowest BCUT2D eigenvalue weighted by molar-refractivity contribution is 0.342. The van der Waals surface area contributed by atoms with E-state index in [-0.39, 0.29) is 5.75 Å². The lowest BCUT2D eigenvalue weighted by atomic mass is 10.1. The Bertz CT molecular complexity index is 382. The minimum atomic E-state index is -3.07. The van der Waals surface area contributed by atoms with Gasteiger partial charge in [-0.15, -0.1) is 0 Å². The van der Waals surface area contributed by atoms with Gasteiger partial charge in [-0.25, -0.2) is 13.1 Å². The fraction of sp³-hybridized carbons (Fsp3) is 1.00. The van der Waals surface area contributed by atoms with Crippen molar-refractivity contribution in [1.82, 2.24) is 14.9 Å². The first kappa shape index (κ1) is 16.2. The third-order valence-corrected chi connectivity index (χ3v) is 5.69. The molecule has 1 aliphatic heterocycles. The number of sulfonamides is 1. The van der Waals surface area contributed by atoms with Crippen LogP contribution in [0.3, 0.4) is 0 Å². The SMILES string of the molecule is CCN1CCC(CNS(=O)(=O)CCCCNC2CC2)C1. The van der Waals surface area contributed by atoms with E-state index >= 15 is 0 Å². The maximum absolute atomic E-state index is 11.9. The van der Waals surface area contributed by atoms with Gasteiger partial charge in [0.25, 0.3) is 0 Å². The maximum Gasteiger partial charge on any atom is 0.211 e. The first-order chi connectivity index (χ1) is 9.59. The van der Waals surface area contributed by atoms with Gasteiger partial charge in [0.15, 0.2) is 0 Å². The molecule has 2 aliphatic rings. The zero-order chi connectivity index (χ0) is 14.4. The first-order valence-corrected chi connectivity index (χ1v) is 9.67. The molecule has 1 heterocycles. The maximum atomic E-state index is 11.9. The fourth-order valence-corrected chi connectivity index (χ4v) is 3.91. The predicted octanol–water partition coefficient (Wildman–Crippen LogP) is 0.780. The molecule has 118 valence electrons. The summed E-state index contributed by atoms with van der Waals surface area (Å²) in [5.74, 6) is 0.755. The standard InChI is InChI=1S/C14H29N3O2S/c1-2-17-9-7-13(12-17)11-16-20(18,19)10-4-3-8-15-14-5-6-14/h13-16H,2-12H2,1H3. The van der Waals surface area contributed by atoms with Crippen LogP contribution in [-0.2, 0) is 10.0 Å². The fourth-order valence-electron chi connectivity index (χ4n) is 2.69. The van der Waals surface area contributed by atoms with Crippen molar-refractivity contribution in [2.45, 2.75) is 45.1 Å².